The Morgan fingerprint density at radius 3 is 2.40 bits per heavy atom. The van der Waals surface area contributed by atoms with Gasteiger partial charge in [0.05, 0.1) is 11.4 Å². The molecular weight excluding hydrogens is 212 g/mol. The zero-order valence-corrected chi connectivity index (χ0v) is 9.80. The molecule has 0 fully saturated rings. The van der Waals surface area contributed by atoms with Crippen LogP contribution in [-0.4, -0.2) is 14.0 Å². The quantitative estimate of drug-likeness (QED) is 0.735. The van der Waals surface area contributed by atoms with Crippen molar-refractivity contribution in [1.82, 2.24) is 0 Å². The Morgan fingerprint density at radius 2 is 1.80 bits per heavy atom. The van der Waals surface area contributed by atoms with Gasteiger partial charge in [0.15, 0.2) is 0 Å². The molecular formula is C10H14N2O2S. The summed E-state index contributed by atoms with van der Waals surface area (Å²) < 4.78 is 27.7. The zero-order chi connectivity index (χ0) is 11.3. The van der Waals surface area contributed by atoms with Gasteiger partial charge in [-0.25, -0.2) is 4.31 Å². The molecule has 0 amide bonds. The number of hydrogen-bond acceptors (Lipinski definition) is 2. The standard InChI is InChI=1S/C10H14N2O2S/c1-10(2,3)12-9-7-5-4-6-8(9)11-15(12,13)14/h4-7,11H,1-3H3. The van der Waals surface area contributed by atoms with Crippen molar-refractivity contribution >= 4 is 21.6 Å². The molecule has 1 heterocycles. The highest BCUT2D eigenvalue weighted by atomic mass is 32.2. The largest absolute Gasteiger partial charge is 0.324 e. The Balaban J connectivity index is 2.63. The number of benzene rings is 1. The number of nitrogens with zero attached hydrogens (tertiary/aromatic N) is 1. The smallest absolute Gasteiger partial charge is 0.264 e. The second-order valence-electron chi connectivity index (χ2n) is 4.56. The molecule has 0 unspecified atom stereocenters. The maximum absolute atomic E-state index is 11.9. The van der Waals surface area contributed by atoms with Gasteiger partial charge >= 0.3 is 10.2 Å². The van der Waals surface area contributed by atoms with Gasteiger partial charge in [0.2, 0.25) is 0 Å². The van der Waals surface area contributed by atoms with E-state index in [0.717, 1.165) is 0 Å². The van der Waals surface area contributed by atoms with Gasteiger partial charge < -0.3 is 0 Å². The lowest BCUT2D eigenvalue weighted by atomic mass is 10.1. The number of rotatable bonds is 0. The minimum absolute atomic E-state index is 0.460. The van der Waals surface area contributed by atoms with Crippen LogP contribution in [0.5, 0.6) is 0 Å². The van der Waals surface area contributed by atoms with E-state index < -0.39 is 15.7 Å². The molecule has 0 radical (unpaired) electrons. The summed E-state index contributed by atoms with van der Waals surface area (Å²) in [4.78, 5) is 0. The minimum Gasteiger partial charge on any atom is -0.264 e. The Hall–Kier alpha value is -1.23. The molecule has 0 atom stereocenters. The van der Waals surface area contributed by atoms with E-state index in [2.05, 4.69) is 4.72 Å². The first-order valence-electron chi connectivity index (χ1n) is 4.74. The SMILES string of the molecule is CC(C)(C)N1c2ccccc2NS1(=O)=O. The van der Waals surface area contributed by atoms with Crippen LogP contribution in [0.4, 0.5) is 11.4 Å². The first-order valence-corrected chi connectivity index (χ1v) is 6.18. The van der Waals surface area contributed by atoms with Gasteiger partial charge in [-0.15, -0.1) is 0 Å². The van der Waals surface area contributed by atoms with E-state index in [1.807, 2.05) is 32.9 Å². The third kappa shape index (κ3) is 1.56. The lowest BCUT2D eigenvalue weighted by Gasteiger charge is -2.31. The van der Waals surface area contributed by atoms with Crippen molar-refractivity contribution in [2.45, 2.75) is 26.3 Å². The Kier molecular flexibility index (Phi) is 1.98. The monoisotopic (exact) mass is 226 g/mol. The summed E-state index contributed by atoms with van der Waals surface area (Å²) in [6, 6.07) is 7.21. The van der Waals surface area contributed by atoms with Gasteiger partial charge in [0.25, 0.3) is 0 Å². The van der Waals surface area contributed by atoms with Gasteiger partial charge in [-0.3, -0.25) is 4.72 Å². The van der Waals surface area contributed by atoms with Crippen molar-refractivity contribution in [3.05, 3.63) is 24.3 Å². The molecule has 5 heteroatoms. The van der Waals surface area contributed by atoms with Crippen molar-refractivity contribution in [2.24, 2.45) is 0 Å². The molecule has 1 aliphatic heterocycles. The molecule has 0 saturated carbocycles. The lowest BCUT2D eigenvalue weighted by molar-refractivity contribution is 0.543. The lowest BCUT2D eigenvalue weighted by Crippen LogP contribution is -2.44. The van der Waals surface area contributed by atoms with Crippen LogP contribution < -0.4 is 9.03 Å². The zero-order valence-electron chi connectivity index (χ0n) is 8.98. The Labute approximate surface area is 90.1 Å². The van der Waals surface area contributed by atoms with Crippen LogP contribution in [0, 0.1) is 0 Å². The summed E-state index contributed by atoms with van der Waals surface area (Å²) >= 11 is 0. The average molecular weight is 226 g/mol. The van der Waals surface area contributed by atoms with E-state index >= 15 is 0 Å². The van der Waals surface area contributed by atoms with Crippen LogP contribution in [0.3, 0.4) is 0 Å². The fourth-order valence-electron chi connectivity index (χ4n) is 1.77. The van der Waals surface area contributed by atoms with E-state index in [1.54, 1.807) is 12.1 Å². The molecule has 0 bridgehead atoms. The fraction of sp³-hybridized carbons (Fsp3) is 0.400. The number of anilines is 2. The van der Waals surface area contributed by atoms with E-state index in [1.165, 1.54) is 4.31 Å². The van der Waals surface area contributed by atoms with E-state index in [0.29, 0.717) is 11.4 Å². The van der Waals surface area contributed by atoms with Gasteiger partial charge in [0, 0.05) is 5.54 Å². The molecule has 0 aromatic heterocycles. The fourth-order valence-corrected chi connectivity index (χ4v) is 3.45. The summed E-state index contributed by atoms with van der Waals surface area (Å²) in [7, 11) is -3.42. The predicted octanol–water partition coefficient (Wildman–Crippen LogP) is 1.96. The van der Waals surface area contributed by atoms with Gasteiger partial charge in [-0.2, -0.15) is 8.42 Å². The first kappa shape index (κ1) is 10.3. The number of fused-ring (bicyclic) bond motifs is 1. The first-order chi connectivity index (χ1) is 6.82. The van der Waals surface area contributed by atoms with Gasteiger partial charge in [-0.1, -0.05) is 12.1 Å². The molecule has 0 aliphatic carbocycles. The highest BCUT2D eigenvalue weighted by Crippen LogP contribution is 2.39. The molecule has 0 saturated heterocycles. The number of hydrogen-bond donors (Lipinski definition) is 1. The van der Waals surface area contributed by atoms with Crippen molar-refractivity contribution < 1.29 is 8.42 Å². The van der Waals surface area contributed by atoms with Gasteiger partial charge in [-0.05, 0) is 32.9 Å². The van der Waals surface area contributed by atoms with Crippen molar-refractivity contribution in [3.63, 3.8) is 0 Å². The number of nitrogens with one attached hydrogen (secondary N) is 1. The van der Waals surface area contributed by atoms with Crippen molar-refractivity contribution in [2.75, 3.05) is 9.03 Å². The third-order valence-electron chi connectivity index (χ3n) is 2.21. The van der Waals surface area contributed by atoms with Crippen molar-refractivity contribution in [3.8, 4) is 0 Å². The summed E-state index contributed by atoms with van der Waals surface area (Å²) in [5.74, 6) is 0. The van der Waals surface area contributed by atoms with E-state index in [9.17, 15) is 8.42 Å². The highest BCUT2D eigenvalue weighted by Gasteiger charge is 2.39. The van der Waals surface area contributed by atoms with Crippen LogP contribution in [0.1, 0.15) is 20.8 Å². The van der Waals surface area contributed by atoms with Gasteiger partial charge in [0.1, 0.15) is 0 Å². The minimum atomic E-state index is -3.42. The predicted molar refractivity (Wildman–Crippen MR) is 61.2 cm³/mol. The summed E-state index contributed by atoms with van der Waals surface area (Å²) in [5, 5.41) is 0. The molecule has 15 heavy (non-hydrogen) atoms. The van der Waals surface area contributed by atoms with Crippen LogP contribution >= 0.6 is 0 Å². The average Bonchev–Trinajstić information content (AvgIpc) is 2.32. The second-order valence-corrected chi connectivity index (χ2v) is 6.08. The van der Waals surface area contributed by atoms with E-state index in [4.69, 9.17) is 0 Å². The molecule has 4 nitrogen and oxygen atoms in total. The third-order valence-corrected chi connectivity index (χ3v) is 3.91. The Bertz CT molecular complexity index is 488. The molecule has 82 valence electrons. The van der Waals surface area contributed by atoms with Crippen LogP contribution in [0.25, 0.3) is 0 Å². The maximum atomic E-state index is 11.9. The van der Waals surface area contributed by atoms with E-state index in [-0.39, 0.29) is 0 Å². The maximum Gasteiger partial charge on any atom is 0.324 e. The summed E-state index contributed by atoms with van der Waals surface area (Å²) in [6.07, 6.45) is 0. The second kappa shape index (κ2) is 2.88. The van der Waals surface area contributed by atoms with Crippen LogP contribution in [-0.2, 0) is 10.2 Å². The summed E-state index contributed by atoms with van der Waals surface area (Å²) in [6.45, 7) is 5.61. The highest BCUT2D eigenvalue weighted by molar-refractivity contribution is 7.94. The molecule has 1 aromatic carbocycles. The van der Waals surface area contributed by atoms with Crippen LogP contribution in [0.15, 0.2) is 24.3 Å². The Morgan fingerprint density at radius 1 is 1.20 bits per heavy atom. The molecule has 2 rings (SSSR count). The molecule has 0 spiro atoms. The van der Waals surface area contributed by atoms with Crippen molar-refractivity contribution in [1.29, 1.82) is 0 Å². The topological polar surface area (TPSA) is 49.4 Å². The molecule has 1 aliphatic rings. The van der Waals surface area contributed by atoms with Crippen LogP contribution in [0.2, 0.25) is 0 Å². The number of para-hydroxylation sites is 2. The molecule has 1 aromatic rings. The normalized spacial score (nSPS) is 18.5. The molecule has 1 N–H and O–H groups in total. The summed E-state index contributed by atoms with van der Waals surface area (Å²) in [5.41, 5.74) is 0.899.